The molecule has 0 saturated carbocycles. The van der Waals surface area contributed by atoms with Gasteiger partial charge in [-0.2, -0.15) is 0 Å². The first-order chi connectivity index (χ1) is 9.79. The number of aryl methyl sites for hydroxylation is 1. The van der Waals surface area contributed by atoms with Gasteiger partial charge in [0, 0.05) is 19.6 Å². The van der Waals surface area contributed by atoms with Crippen LogP contribution in [0.25, 0.3) is 0 Å². The third-order valence-corrected chi connectivity index (χ3v) is 4.38. The number of benzene rings is 1. The molecule has 2 N–H and O–H groups in total. The van der Waals surface area contributed by atoms with Gasteiger partial charge < -0.3 is 15.4 Å². The fourth-order valence-corrected chi connectivity index (χ4v) is 3.29. The molecule has 1 saturated heterocycles. The van der Waals surface area contributed by atoms with Crippen LogP contribution in [0.4, 0.5) is 0 Å². The number of carbonyl (C=O) groups excluding carboxylic acids is 1. The Morgan fingerprint density at radius 2 is 2.25 bits per heavy atom. The van der Waals surface area contributed by atoms with Gasteiger partial charge in [-0.3, -0.25) is 4.79 Å². The fraction of sp³-hybridized carbons (Fsp3) is 0.562. The first kappa shape index (κ1) is 13.6. The van der Waals surface area contributed by atoms with Crippen molar-refractivity contribution < 1.29 is 9.53 Å². The molecule has 4 nitrogen and oxygen atoms in total. The van der Waals surface area contributed by atoms with Crippen molar-refractivity contribution in [3.63, 3.8) is 0 Å². The van der Waals surface area contributed by atoms with Crippen molar-refractivity contribution in [3.8, 4) is 0 Å². The number of nitrogens with two attached hydrogens (primary N) is 1. The van der Waals surface area contributed by atoms with Crippen molar-refractivity contribution in [2.45, 2.75) is 31.3 Å². The smallest absolute Gasteiger partial charge is 0.230 e. The van der Waals surface area contributed by atoms with Gasteiger partial charge >= 0.3 is 0 Å². The Balaban J connectivity index is 1.78. The van der Waals surface area contributed by atoms with Gasteiger partial charge in [0.05, 0.1) is 18.6 Å². The van der Waals surface area contributed by atoms with Gasteiger partial charge in [0.1, 0.15) is 0 Å². The quantitative estimate of drug-likeness (QED) is 0.884. The summed E-state index contributed by atoms with van der Waals surface area (Å²) in [6, 6.07) is 8.35. The SMILES string of the molecule is NC[C@@H]1CN(C(=O)[C@@H]2CCCc3ccccc32)CCO1. The van der Waals surface area contributed by atoms with E-state index < -0.39 is 0 Å². The Hall–Kier alpha value is -1.39. The predicted molar refractivity (Wildman–Crippen MR) is 77.5 cm³/mol. The van der Waals surface area contributed by atoms with Gasteiger partial charge in [0.2, 0.25) is 5.91 Å². The van der Waals surface area contributed by atoms with Crippen LogP contribution in [0.2, 0.25) is 0 Å². The van der Waals surface area contributed by atoms with Crippen LogP contribution in [-0.2, 0) is 16.0 Å². The zero-order valence-electron chi connectivity index (χ0n) is 11.8. The van der Waals surface area contributed by atoms with Crippen molar-refractivity contribution in [3.05, 3.63) is 35.4 Å². The Morgan fingerprint density at radius 3 is 3.10 bits per heavy atom. The number of rotatable bonds is 2. The molecule has 1 amide bonds. The summed E-state index contributed by atoms with van der Waals surface area (Å²) in [6.07, 6.45) is 3.14. The van der Waals surface area contributed by atoms with Gasteiger partial charge in [-0.15, -0.1) is 0 Å². The fourth-order valence-electron chi connectivity index (χ4n) is 3.29. The molecule has 0 radical (unpaired) electrons. The van der Waals surface area contributed by atoms with E-state index in [1.807, 2.05) is 11.0 Å². The molecule has 1 aromatic carbocycles. The van der Waals surface area contributed by atoms with Gasteiger partial charge in [0.15, 0.2) is 0 Å². The second-order valence-corrected chi connectivity index (χ2v) is 5.66. The van der Waals surface area contributed by atoms with Gasteiger partial charge in [-0.25, -0.2) is 0 Å². The third kappa shape index (κ3) is 2.58. The molecule has 108 valence electrons. The van der Waals surface area contributed by atoms with E-state index in [0.29, 0.717) is 26.2 Å². The van der Waals surface area contributed by atoms with Crippen molar-refractivity contribution >= 4 is 5.91 Å². The molecule has 2 aliphatic rings. The van der Waals surface area contributed by atoms with Gasteiger partial charge in [-0.1, -0.05) is 24.3 Å². The summed E-state index contributed by atoms with van der Waals surface area (Å²) >= 11 is 0. The second-order valence-electron chi connectivity index (χ2n) is 5.66. The molecule has 0 unspecified atom stereocenters. The summed E-state index contributed by atoms with van der Waals surface area (Å²) in [5, 5.41) is 0. The lowest BCUT2D eigenvalue weighted by molar-refractivity contribution is -0.140. The van der Waals surface area contributed by atoms with E-state index in [1.54, 1.807) is 0 Å². The molecule has 0 spiro atoms. The number of amides is 1. The highest BCUT2D eigenvalue weighted by Crippen LogP contribution is 2.33. The number of fused-ring (bicyclic) bond motifs is 1. The van der Waals surface area contributed by atoms with E-state index in [2.05, 4.69) is 18.2 Å². The van der Waals surface area contributed by atoms with E-state index in [4.69, 9.17) is 10.5 Å². The molecule has 1 aliphatic carbocycles. The first-order valence-electron chi connectivity index (χ1n) is 7.48. The molecule has 0 aromatic heterocycles. The third-order valence-electron chi connectivity index (χ3n) is 4.38. The van der Waals surface area contributed by atoms with Crippen LogP contribution in [0.3, 0.4) is 0 Å². The molecule has 20 heavy (non-hydrogen) atoms. The number of carbonyl (C=O) groups is 1. The summed E-state index contributed by atoms with van der Waals surface area (Å²) in [5.41, 5.74) is 8.21. The van der Waals surface area contributed by atoms with E-state index >= 15 is 0 Å². The Labute approximate surface area is 119 Å². The average Bonchev–Trinajstić information content (AvgIpc) is 2.53. The predicted octanol–water partition coefficient (Wildman–Crippen LogP) is 1.29. The molecule has 4 heteroatoms. The van der Waals surface area contributed by atoms with Crippen LogP contribution in [0, 0.1) is 0 Å². The first-order valence-corrected chi connectivity index (χ1v) is 7.48. The molecular formula is C16H22N2O2. The average molecular weight is 274 g/mol. The minimum absolute atomic E-state index is 0.00784. The zero-order valence-corrected chi connectivity index (χ0v) is 11.8. The van der Waals surface area contributed by atoms with Crippen LogP contribution in [0.5, 0.6) is 0 Å². The highest BCUT2D eigenvalue weighted by atomic mass is 16.5. The molecular weight excluding hydrogens is 252 g/mol. The summed E-state index contributed by atoms with van der Waals surface area (Å²) in [6.45, 7) is 2.40. The van der Waals surface area contributed by atoms with Gasteiger partial charge in [0.25, 0.3) is 0 Å². The van der Waals surface area contributed by atoms with E-state index in [-0.39, 0.29) is 17.9 Å². The lowest BCUT2D eigenvalue weighted by Crippen LogP contribution is -2.49. The summed E-state index contributed by atoms with van der Waals surface area (Å²) in [7, 11) is 0. The maximum Gasteiger partial charge on any atom is 0.230 e. The number of morpholine rings is 1. The Bertz CT molecular complexity index is 489. The lowest BCUT2D eigenvalue weighted by Gasteiger charge is -2.36. The van der Waals surface area contributed by atoms with Crippen LogP contribution in [0.15, 0.2) is 24.3 Å². The molecule has 0 bridgehead atoms. The van der Waals surface area contributed by atoms with E-state index in [9.17, 15) is 4.79 Å². The number of hydrogen-bond acceptors (Lipinski definition) is 3. The Kier molecular flexibility index (Phi) is 4.03. The van der Waals surface area contributed by atoms with E-state index in [1.165, 1.54) is 11.1 Å². The standard InChI is InChI=1S/C16H22N2O2/c17-10-13-11-18(8-9-20-13)16(19)15-7-3-5-12-4-1-2-6-14(12)15/h1-2,4,6,13,15H,3,5,7-11,17H2/t13-,15-/m1/s1. The lowest BCUT2D eigenvalue weighted by atomic mass is 9.82. The number of nitrogens with zero attached hydrogens (tertiary/aromatic N) is 1. The normalized spacial score (nSPS) is 26.1. The maximum atomic E-state index is 12.8. The van der Waals surface area contributed by atoms with Crippen molar-refractivity contribution in [1.82, 2.24) is 4.90 Å². The molecule has 1 fully saturated rings. The molecule has 1 aromatic rings. The zero-order chi connectivity index (χ0) is 13.9. The summed E-state index contributed by atoms with van der Waals surface area (Å²) in [5.74, 6) is 0.273. The highest BCUT2D eigenvalue weighted by Gasteiger charge is 2.32. The topological polar surface area (TPSA) is 55.6 Å². The monoisotopic (exact) mass is 274 g/mol. The van der Waals surface area contributed by atoms with Crippen LogP contribution in [0.1, 0.15) is 29.9 Å². The highest BCUT2D eigenvalue weighted by molar-refractivity contribution is 5.84. The maximum absolute atomic E-state index is 12.8. The van der Waals surface area contributed by atoms with Gasteiger partial charge in [-0.05, 0) is 30.4 Å². The molecule has 1 heterocycles. The van der Waals surface area contributed by atoms with Crippen LogP contribution in [-0.4, -0.2) is 43.2 Å². The minimum Gasteiger partial charge on any atom is -0.373 e. The Morgan fingerprint density at radius 1 is 1.40 bits per heavy atom. The molecule has 2 atom stereocenters. The van der Waals surface area contributed by atoms with Crippen molar-refractivity contribution in [1.29, 1.82) is 0 Å². The van der Waals surface area contributed by atoms with Crippen molar-refractivity contribution in [2.24, 2.45) is 5.73 Å². The minimum atomic E-state index is -0.00784. The van der Waals surface area contributed by atoms with E-state index in [0.717, 1.165) is 19.3 Å². The number of hydrogen-bond donors (Lipinski definition) is 1. The molecule has 1 aliphatic heterocycles. The van der Waals surface area contributed by atoms with Crippen LogP contribution < -0.4 is 5.73 Å². The van der Waals surface area contributed by atoms with Crippen LogP contribution >= 0.6 is 0 Å². The number of ether oxygens (including phenoxy) is 1. The largest absolute Gasteiger partial charge is 0.373 e. The molecule has 3 rings (SSSR count). The van der Waals surface area contributed by atoms with Crippen molar-refractivity contribution in [2.75, 3.05) is 26.2 Å². The summed E-state index contributed by atoms with van der Waals surface area (Å²) in [4.78, 5) is 14.7. The second kappa shape index (κ2) is 5.94. The summed E-state index contributed by atoms with van der Waals surface area (Å²) < 4.78 is 5.55.